The molecular weight excluding hydrogens is 511 g/mol. The number of sulfonamides is 1. The highest BCUT2D eigenvalue weighted by atomic mass is 32.2. The molecule has 0 spiro atoms. The number of para-hydroxylation sites is 1. The molecule has 37 heavy (non-hydrogen) atoms. The fourth-order valence-electron chi connectivity index (χ4n) is 4.15. The number of nitrogens with one attached hydrogen (secondary N) is 1. The van der Waals surface area contributed by atoms with Gasteiger partial charge in [-0.25, -0.2) is 18.4 Å². The Morgan fingerprint density at radius 2 is 1.92 bits per heavy atom. The van der Waals surface area contributed by atoms with Crippen LogP contribution in [0.4, 0.5) is 13.2 Å². The maximum absolute atomic E-state index is 13.2. The Morgan fingerprint density at radius 1 is 1.11 bits per heavy atom. The van der Waals surface area contributed by atoms with E-state index in [1.807, 2.05) is 0 Å². The third-order valence-corrected chi connectivity index (χ3v) is 7.75. The van der Waals surface area contributed by atoms with Gasteiger partial charge in [-0.1, -0.05) is 18.2 Å². The Bertz CT molecular complexity index is 1520. The molecular formula is C24H20F3N5O4S. The normalized spacial score (nSPS) is 16.8. The summed E-state index contributed by atoms with van der Waals surface area (Å²) in [6.07, 6.45) is -1.41. The molecule has 4 aromatic rings. The van der Waals surface area contributed by atoms with Crippen LogP contribution in [0, 0.1) is 0 Å². The number of furan rings is 1. The van der Waals surface area contributed by atoms with Gasteiger partial charge >= 0.3 is 6.18 Å². The molecule has 0 unspecified atom stereocenters. The van der Waals surface area contributed by atoms with E-state index in [1.165, 1.54) is 24.5 Å². The van der Waals surface area contributed by atoms with Gasteiger partial charge < -0.3 is 9.73 Å². The highest BCUT2D eigenvalue weighted by molar-refractivity contribution is 7.89. The second-order valence-corrected chi connectivity index (χ2v) is 10.2. The van der Waals surface area contributed by atoms with Gasteiger partial charge in [0.2, 0.25) is 11.0 Å². The van der Waals surface area contributed by atoms with Gasteiger partial charge in [-0.3, -0.25) is 9.78 Å². The first-order valence-corrected chi connectivity index (χ1v) is 12.7. The zero-order valence-electron chi connectivity index (χ0n) is 19.1. The number of hydrogen-bond donors (Lipinski definition) is 1. The minimum Gasteiger partial charge on any atom is -0.443 e. The number of nitrogens with zero attached hydrogens (tertiary/aromatic N) is 4. The second kappa shape index (κ2) is 9.56. The van der Waals surface area contributed by atoms with Crippen LogP contribution in [0.25, 0.3) is 22.2 Å². The first kappa shape index (κ1) is 24.8. The molecule has 1 fully saturated rings. The molecule has 1 aromatic carbocycles. The molecule has 192 valence electrons. The monoisotopic (exact) mass is 531 g/mol. The van der Waals surface area contributed by atoms with Crippen LogP contribution in [0.3, 0.4) is 0 Å². The van der Waals surface area contributed by atoms with E-state index in [0.29, 0.717) is 40.8 Å². The van der Waals surface area contributed by atoms with Gasteiger partial charge in [0.05, 0.1) is 17.9 Å². The van der Waals surface area contributed by atoms with Crippen LogP contribution in [0.5, 0.6) is 0 Å². The number of halogens is 3. The van der Waals surface area contributed by atoms with E-state index in [1.54, 1.807) is 24.3 Å². The van der Waals surface area contributed by atoms with Crippen molar-refractivity contribution in [3.05, 3.63) is 72.4 Å². The lowest BCUT2D eigenvalue weighted by Gasteiger charge is -2.22. The number of fused-ring (bicyclic) bond motifs is 1. The number of carbonyl (C=O) groups excluding carboxylic acids is 1. The van der Waals surface area contributed by atoms with Gasteiger partial charge in [0.25, 0.3) is 10.0 Å². The predicted octanol–water partition coefficient (Wildman–Crippen LogP) is 3.77. The van der Waals surface area contributed by atoms with Crippen molar-refractivity contribution in [3.63, 3.8) is 0 Å². The first-order valence-electron chi connectivity index (χ1n) is 11.3. The lowest BCUT2D eigenvalue weighted by molar-refractivity contribution is -0.141. The Labute approximate surface area is 209 Å². The summed E-state index contributed by atoms with van der Waals surface area (Å²) in [4.78, 5) is 24.5. The number of benzene rings is 1. The van der Waals surface area contributed by atoms with Crippen molar-refractivity contribution in [3.8, 4) is 11.3 Å². The van der Waals surface area contributed by atoms with E-state index < -0.39 is 33.8 Å². The zero-order valence-corrected chi connectivity index (χ0v) is 20.0. The molecule has 0 saturated carbocycles. The third kappa shape index (κ3) is 5.04. The number of amides is 1. The lowest BCUT2D eigenvalue weighted by atomic mass is 10.1. The van der Waals surface area contributed by atoms with Crippen molar-refractivity contribution < 1.29 is 30.8 Å². The number of pyridine rings is 1. The molecule has 1 amide bonds. The van der Waals surface area contributed by atoms with Gasteiger partial charge in [-0.2, -0.15) is 17.5 Å². The minimum atomic E-state index is -4.55. The molecule has 1 N–H and O–H groups in total. The number of rotatable bonds is 6. The van der Waals surface area contributed by atoms with E-state index in [4.69, 9.17) is 4.42 Å². The minimum absolute atomic E-state index is 0.0303. The molecule has 0 bridgehead atoms. The third-order valence-electron chi connectivity index (χ3n) is 5.99. The summed E-state index contributed by atoms with van der Waals surface area (Å²) in [5.41, 5.74) is 0.487. The maximum Gasteiger partial charge on any atom is 0.433 e. The molecule has 5 rings (SSSR count). The quantitative estimate of drug-likeness (QED) is 0.402. The van der Waals surface area contributed by atoms with Gasteiger partial charge in [-0.15, -0.1) is 0 Å². The zero-order chi connectivity index (χ0) is 26.2. The van der Waals surface area contributed by atoms with Crippen LogP contribution < -0.4 is 5.32 Å². The molecule has 9 nitrogen and oxygen atoms in total. The van der Waals surface area contributed by atoms with Gasteiger partial charge in [0.15, 0.2) is 0 Å². The maximum atomic E-state index is 13.2. The fraction of sp³-hybridized carbons (Fsp3) is 0.250. The Balaban J connectivity index is 1.28. The fourth-order valence-corrected chi connectivity index (χ4v) is 5.76. The summed E-state index contributed by atoms with van der Waals surface area (Å²) < 4.78 is 71.4. The molecule has 3 aromatic heterocycles. The lowest BCUT2D eigenvalue weighted by Crippen LogP contribution is -2.45. The molecule has 1 aliphatic rings. The summed E-state index contributed by atoms with van der Waals surface area (Å²) in [6.45, 7) is 0.146. The number of alkyl halides is 3. The number of hydrogen-bond acceptors (Lipinski definition) is 7. The van der Waals surface area contributed by atoms with Gasteiger partial charge in [0.1, 0.15) is 23.6 Å². The standard InChI is InChI=1S/C24H20F3N5O4S/c25-24(26,27)21-8-7-16(12-28-21)18-11-17(30-14-31-18)13-29-23(33)19-5-3-9-32(19)37(34,35)22-10-15-4-1-2-6-20(15)36-22/h1-2,4,6-8,10-12,14,19H,3,5,9,13H2,(H,29,33)/t19-/m0/s1. The summed E-state index contributed by atoms with van der Waals surface area (Å²) in [5, 5.41) is 3.12. The highest BCUT2D eigenvalue weighted by Crippen LogP contribution is 2.31. The first-order chi connectivity index (χ1) is 17.6. The SMILES string of the molecule is O=C(NCc1cc(-c2ccc(C(F)(F)F)nc2)ncn1)[C@@H]1CCCN1S(=O)(=O)c1cc2ccccc2o1. The van der Waals surface area contributed by atoms with E-state index in [-0.39, 0.29) is 18.2 Å². The van der Waals surface area contributed by atoms with Crippen LogP contribution in [-0.2, 0) is 27.5 Å². The van der Waals surface area contributed by atoms with E-state index in [9.17, 15) is 26.4 Å². The number of carbonyl (C=O) groups is 1. The van der Waals surface area contributed by atoms with Crippen LogP contribution in [-0.4, -0.2) is 46.2 Å². The van der Waals surface area contributed by atoms with Crippen LogP contribution in [0.2, 0.25) is 0 Å². The molecule has 1 saturated heterocycles. The Hall–Kier alpha value is -3.84. The van der Waals surface area contributed by atoms with Crippen molar-refractivity contribution in [1.29, 1.82) is 0 Å². The second-order valence-electron chi connectivity index (χ2n) is 8.42. The molecule has 13 heteroatoms. The average Bonchev–Trinajstić information content (AvgIpc) is 3.55. The topological polar surface area (TPSA) is 118 Å². The summed E-state index contributed by atoms with van der Waals surface area (Å²) in [5.74, 6) is -0.492. The van der Waals surface area contributed by atoms with E-state index >= 15 is 0 Å². The molecule has 4 heterocycles. The summed E-state index contributed by atoms with van der Waals surface area (Å²) in [6, 6.07) is 11.1. The summed E-state index contributed by atoms with van der Waals surface area (Å²) in [7, 11) is -4.04. The molecule has 1 aliphatic heterocycles. The predicted molar refractivity (Wildman–Crippen MR) is 125 cm³/mol. The Kier molecular flexibility index (Phi) is 6.42. The Morgan fingerprint density at radius 3 is 2.65 bits per heavy atom. The highest BCUT2D eigenvalue weighted by Gasteiger charge is 2.41. The smallest absolute Gasteiger partial charge is 0.433 e. The van der Waals surface area contributed by atoms with Crippen molar-refractivity contribution in [2.45, 2.75) is 36.7 Å². The van der Waals surface area contributed by atoms with Crippen LogP contribution in [0.1, 0.15) is 24.2 Å². The largest absolute Gasteiger partial charge is 0.443 e. The number of aromatic nitrogens is 3. The average molecular weight is 532 g/mol. The van der Waals surface area contributed by atoms with Crippen LogP contribution >= 0.6 is 0 Å². The van der Waals surface area contributed by atoms with Crippen molar-refractivity contribution in [2.75, 3.05) is 6.54 Å². The van der Waals surface area contributed by atoms with Crippen LogP contribution in [0.15, 0.2) is 70.6 Å². The van der Waals surface area contributed by atoms with Crippen molar-refractivity contribution in [2.24, 2.45) is 0 Å². The molecule has 1 atom stereocenters. The van der Waals surface area contributed by atoms with E-state index in [2.05, 4.69) is 20.3 Å². The molecule has 0 aliphatic carbocycles. The van der Waals surface area contributed by atoms with E-state index in [0.717, 1.165) is 16.6 Å². The van der Waals surface area contributed by atoms with Crippen molar-refractivity contribution >= 4 is 26.9 Å². The molecule has 0 radical (unpaired) electrons. The van der Waals surface area contributed by atoms with Gasteiger partial charge in [-0.05, 0) is 37.1 Å². The van der Waals surface area contributed by atoms with Crippen molar-refractivity contribution in [1.82, 2.24) is 24.6 Å². The van der Waals surface area contributed by atoms with Gasteiger partial charge in [0, 0.05) is 29.8 Å². The summed E-state index contributed by atoms with van der Waals surface area (Å²) >= 11 is 0.